The summed E-state index contributed by atoms with van der Waals surface area (Å²) in [6.45, 7) is -0.371. The van der Waals surface area contributed by atoms with Crippen LogP contribution in [0.2, 0.25) is 5.02 Å². The summed E-state index contributed by atoms with van der Waals surface area (Å²) in [6, 6.07) is 11.5. The Morgan fingerprint density at radius 3 is 2.59 bits per heavy atom. The van der Waals surface area contributed by atoms with Crippen LogP contribution in [-0.2, 0) is 17.9 Å². The fourth-order valence-corrected chi connectivity index (χ4v) is 3.23. The average Bonchev–Trinajstić information content (AvgIpc) is 3.30. The molecule has 6 nitrogen and oxygen atoms in total. The number of halogens is 2. The standard InChI is InChI=1S/C21H13ClFNO5/c22-17-4-1-5-18(23)16(17)11-29-21(27)12-6-7-14-15(9-12)20(26)24(19(14)25)10-13-3-2-8-28-13/h1-9H,10-11H2. The van der Waals surface area contributed by atoms with Crippen molar-refractivity contribution in [1.29, 1.82) is 0 Å². The zero-order chi connectivity index (χ0) is 20.5. The van der Waals surface area contributed by atoms with E-state index < -0.39 is 23.6 Å². The van der Waals surface area contributed by atoms with Crippen LogP contribution < -0.4 is 0 Å². The number of imide groups is 1. The molecule has 1 aliphatic heterocycles. The predicted octanol–water partition coefficient (Wildman–Crippen LogP) is 4.23. The molecule has 0 aliphatic carbocycles. The highest BCUT2D eigenvalue weighted by Gasteiger charge is 2.36. The lowest BCUT2D eigenvalue weighted by Crippen LogP contribution is -2.28. The normalized spacial score (nSPS) is 13.0. The monoisotopic (exact) mass is 413 g/mol. The van der Waals surface area contributed by atoms with Crippen molar-refractivity contribution in [2.45, 2.75) is 13.2 Å². The highest BCUT2D eigenvalue weighted by atomic mass is 35.5. The van der Waals surface area contributed by atoms with Crippen LogP contribution in [0.5, 0.6) is 0 Å². The van der Waals surface area contributed by atoms with Gasteiger partial charge in [-0.05, 0) is 42.5 Å². The van der Waals surface area contributed by atoms with E-state index in [-0.39, 0.29) is 40.4 Å². The number of furan rings is 1. The summed E-state index contributed by atoms with van der Waals surface area (Å²) >= 11 is 5.92. The number of fused-ring (bicyclic) bond motifs is 1. The number of carbonyl (C=O) groups excluding carboxylic acids is 3. The van der Waals surface area contributed by atoms with Crippen LogP contribution in [0.3, 0.4) is 0 Å². The zero-order valence-corrected chi connectivity index (χ0v) is 15.6. The molecule has 0 saturated carbocycles. The first kappa shape index (κ1) is 18.9. The molecule has 1 aromatic heterocycles. The van der Waals surface area contributed by atoms with Gasteiger partial charge in [0.1, 0.15) is 18.2 Å². The first-order valence-electron chi connectivity index (χ1n) is 8.58. The van der Waals surface area contributed by atoms with Crippen molar-refractivity contribution in [3.05, 3.63) is 93.6 Å². The largest absolute Gasteiger partial charge is 0.467 e. The molecule has 4 rings (SSSR count). The van der Waals surface area contributed by atoms with Gasteiger partial charge in [0.2, 0.25) is 0 Å². The van der Waals surface area contributed by atoms with Crippen molar-refractivity contribution in [2.75, 3.05) is 0 Å². The zero-order valence-electron chi connectivity index (χ0n) is 14.9. The molecule has 0 atom stereocenters. The summed E-state index contributed by atoms with van der Waals surface area (Å²) in [4.78, 5) is 38.5. The van der Waals surface area contributed by atoms with Crippen LogP contribution >= 0.6 is 11.6 Å². The molecule has 0 spiro atoms. The van der Waals surface area contributed by atoms with Crippen LogP contribution in [0.4, 0.5) is 4.39 Å². The third-order valence-electron chi connectivity index (χ3n) is 4.51. The first-order valence-corrected chi connectivity index (χ1v) is 8.96. The van der Waals surface area contributed by atoms with E-state index in [0.717, 1.165) is 4.90 Å². The number of benzene rings is 2. The second kappa shape index (κ2) is 7.52. The predicted molar refractivity (Wildman–Crippen MR) is 99.9 cm³/mol. The van der Waals surface area contributed by atoms with E-state index in [2.05, 4.69) is 0 Å². The average molecular weight is 414 g/mol. The molecule has 29 heavy (non-hydrogen) atoms. The molecule has 0 bridgehead atoms. The van der Waals surface area contributed by atoms with Gasteiger partial charge in [0.15, 0.2) is 0 Å². The van der Waals surface area contributed by atoms with Crippen molar-refractivity contribution in [2.24, 2.45) is 0 Å². The Labute approximate surface area is 169 Å². The molecule has 2 amide bonds. The van der Waals surface area contributed by atoms with Gasteiger partial charge in [-0.3, -0.25) is 14.5 Å². The Morgan fingerprint density at radius 1 is 1.07 bits per heavy atom. The highest BCUT2D eigenvalue weighted by Crippen LogP contribution is 2.26. The lowest BCUT2D eigenvalue weighted by atomic mass is 10.1. The van der Waals surface area contributed by atoms with Gasteiger partial charge >= 0.3 is 5.97 Å². The number of esters is 1. The van der Waals surface area contributed by atoms with E-state index in [1.54, 1.807) is 12.1 Å². The van der Waals surface area contributed by atoms with Crippen molar-refractivity contribution in [3.63, 3.8) is 0 Å². The van der Waals surface area contributed by atoms with E-state index in [1.807, 2.05) is 0 Å². The minimum Gasteiger partial charge on any atom is -0.467 e. The molecule has 0 saturated heterocycles. The number of carbonyl (C=O) groups is 3. The highest BCUT2D eigenvalue weighted by molar-refractivity contribution is 6.31. The van der Waals surface area contributed by atoms with Gasteiger partial charge in [-0.25, -0.2) is 9.18 Å². The summed E-state index contributed by atoms with van der Waals surface area (Å²) in [5.41, 5.74) is 0.409. The Bertz CT molecular complexity index is 1110. The molecule has 2 aromatic carbocycles. The van der Waals surface area contributed by atoms with Gasteiger partial charge in [-0.1, -0.05) is 17.7 Å². The van der Waals surface area contributed by atoms with Crippen molar-refractivity contribution < 1.29 is 27.9 Å². The number of ether oxygens (including phenoxy) is 1. The van der Waals surface area contributed by atoms with Gasteiger partial charge in [0.05, 0.1) is 34.5 Å². The molecule has 1 aliphatic rings. The fourth-order valence-electron chi connectivity index (χ4n) is 3.01. The molecule has 2 heterocycles. The smallest absolute Gasteiger partial charge is 0.338 e. The first-order chi connectivity index (χ1) is 14.0. The number of hydrogen-bond acceptors (Lipinski definition) is 5. The Hall–Kier alpha value is -3.45. The molecular formula is C21H13ClFNO5. The summed E-state index contributed by atoms with van der Waals surface area (Å²) in [7, 11) is 0. The number of hydrogen-bond donors (Lipinski definition) is 0. The molecule has 0 fully saturated rings. The van der Waals surface area contributed by atoms with Crippen molar-refractivity contribution in [3.8, 4) is 0 Å². The van der Waals surface area contributed by atoms with Crippen molar-refractivity contribution in [1.82, 2.24) is 4.90 Å². The molecule has 0 N–H and O–H groups in total. The molecule has 3 aromatic rings. The van der Waals surface area contributed by atoms with Crippen LogP contribution in [0.15, 0.2) is 59.2 Å². The van der Waals surface area contributed by atoms with Gasteiger partial charge < -0.3 is 9.15 Å². The number of rotatable bonds is 5. The maximum Gasteiger partial charge on any atom is 0.338 e. The topological polar surface area (TPSA) is 76.8 Å². The lowest BCUT2D eigenvalue weighted by molar-refractivity contribution is 0.0468. The molecule has 0 unspecified atom stereocenters. The molecule has 0 radical (unpaired) electrons. The summed E-state index contributed by atoms with van der Waals surface area (Å²) in [5.74, 6) is -1.90. The van der Waals surface area contributed by atoms with Gasteiger partial charge in [-0.15, -0.1) is 0 Å². The second-order valence-electron chi connectivity index (χ2n) is 6.31. The molecule has 8 heteroatoms. The minimum atomic E-state index is -0.767. The summed E-state index contributed by atoms with van der Waals surface area (Å²) in [6.07, 6.45) is 1.45. The number of amides is 2. The Morgan fingerprint density at radius 2 is 1.86 bits per heavy atom. The van der Waals surface area contributed by atoms with Crippen LogP contribution in [0, 0.1) is 5.82 Å². The summed E-state index contributed by atoms with van der Waals surface area (Å²) < 4.78 is 24.1. The van der Waals surface area contributed by atoms with E-state index >= 15 is 0 Å². The minimum absolute atomic E-state index is 0.00902. The van der Waals surface area contributed by atoms with Gasteiger partial charge in [-0.2, -0.15) is 0 Å². The Balaban J connectivity index is 1.52. The van der Waals surface area contributed by atoms with E-state index in [0.29, 0.717) is 5.76 Å². The fraction of sp³-hybridized carbons (Fsp3) is 0.0952. The quantitative estimate of drug-likeness (QED) is 0.462. The van der Waals surface area contributed by atoms with Crippen LogP contribution in [0.1, 0.15) is 42.4 Å². The Kier molecular flexibility index (Phi) is 4.90. The maximum absolute atomic E-state index is 13.8. The second-order valence-corrected chi connectivity index (χ2v) is 6.72. The maximum atomic E-state index is 13.8. The third-order valence-corrected chi connectivity index (χ3v) is 4.86. The van der Waals surface area contributed by atoms with E-state index in [4.69, 9.17) is 20.8 Å². The molecular weight excluding hydrogens is 401 g/mol. The van der Waals surface area contributed by atoms with Gasteiger partial charge in [0.25, 0.3) is 11.8 Å². The third kappa shape index (κ3) is 3.52. The summed E-state index contributed by atoms with van der Waals surface area (Å²) in [5, 5.41) is 0.140. The van der Waals surface area contributed by atoms with Crippen molar-refractivity contribution >= 4 is 29.4 Å². The van der Waals surface area contributed by atoms with Gasteiger partial charge in [0, 0.05) is 5.56 Å². The van der Waals surface area contributed by atoms with E-state index in [1.165, 1.54) is 42.7 Å². The van der Waals surface area contributed by atoms with Crippen LogP contribution in [0.25, 0.3) is 0 Å². The number of nitrogens with zero attached hydrogens (tertiary/aromatic N) is 1. The SMILES string of the molecule is O=C(OCc1c(F)cccc1Cl)c1ccc2c(c1)C(=O)N(Cc1ccco1)C2=O. The molecule has 146 valence electrons. The van der Waals surface area contributed by atoms with E-state index in [9.17, 15) is 18.8 Å². The van der Waals surface area contributed by atoms with Crippen LogP contribution in [-0.4, -0.2) is 22.7 Å². The lowest BCUT2D eigenvalue weighted by Gasteiger charge is -2.11.